The maximum atomic E-state index is 11.2. The van der Waals surface area contributed by atoms with E-state index in [-0.39, 0.29) is 0 Å². The first-order valence-corrected chi connectivity index (χ1v) is 8.13. The van der Waals surface area contributed by atoms with E-state index in [2.05, 4.69) is 29.8 Å². The third-order valence-corrected chi connectivity index (χ3v) is 4.00. The Kier molecular flexibility index (Phi) is 6.50. The summed E-state index contributed by atoms with van der Waals surface area (Å²) in [5.74, 6) is -1.25. The Morgan fingerprint density at radius 3 is 2.50 bits per heavy atom. The fourth-order valence-electron chi connectivity index (χ4n) is 2.69. The number of benzene rings is 1. The van der Waals surface area contributed by atoms with Crippen LogP contribution < -0.4 is 0 Å². The second-order valence-corrected chi connectivity index (χ2v) is 5.89. The molecular formula is C21H23NO2. The molecule has 3 heteroatoms. The minimum atomic E-state index is -0.790. The SMILES string of the molecule is C=C(C)C(CCC/C=C(\c1ccccc1)c1cccnc1)C(=O)O. The number of carboxylic acids is 1. The largest absolute Gasteiger partial charge is 0.481 e. The topological polar surface area (TPSA) is 50.2 Å². The predicted octanol–water partition coefficient (Wildman–Crippen LogP) is 4.96. The summed E-state index contributed by atoms with van der Waals surface area (Å²) in [5.41, 5.74) is 4.05. The summed E-state index contributed by atoms with van der Waals surface area (Å²) >= 11 is 0. The van der Waals surface area contributed by atoms with E-state index in [0.29, 0.717) is 12.0 Å². The van der Waals surface area contributed by atoms with Crippen LogP contribution in [-0.2, 0) is 4.79 Å². The van der Waals surface area contributed by atoms with Gasteiger partial charge in [-0.3, -0.25) is 9.78 Å². The minimum Gasteiger partial charge on any atom is -0.481 e. The highest BCUT2D eigenvalue weighted by molar-refractivity contribution is 5.79. The summed E-state index contributed by atoms with van der Waals surface area (Å²) < 4.78 is 0. The third-order valence-electron chi connectivity index (χ3n) is 4.00. The minimum absolute atomic E-state index is 0.461. The molecule has 2 rings (SSSR count). The van der Waals surface area contributed by atoms with Crippen molar-refractivity contribution in [3.05, 3.63) is 84.2 Å². The molecule has 1 unspecified atom stereocenters. The first-order chi connectivity index (χ1) is 11.6. The number of pyridine rings is 1. The molecule has 1 atom stereocenters. The fraction of sp³-hybridized carbons (Fsp3) is 0.238. The van der Waals surface area contributed by atoms with Gasteiger partial charge in [0.2, 0.25) is 0 Å². The molecule has 3 nitrogen and oxygen atoms in total. The van der Waals surface area contributed by atoms with Gasteiger partial charge in [0, 0.05) is 18.0 Å². The van der Waals surface area contributed by atoms with Gasteiger partial charge < -0.3 is 5.11 Å². The summed E-state index contributed by atoms with van der Waals surface area (Å²) in [4.78, 5) is 15.4. The quantitative estimate of drug-likeness (QED) is 0.552. The number of rotatable bonds is 8. The Labute approximate surface area is 143 Å². The lowest BCUT2D eigenvalue weighted by Crippen LogP contribution is -2.14. The zero-order chi connectivity index (χ0) is 17.4. The molecule has 0 fully saturated rings. The standard InChI is InChI=1S/C21H23NO2/c1-16(2)19(21(23)24)12-6-7-13-20(17-9-4-3-5-10-17)18-11-8-14-22-15-18/h3-5,8-11,13-15,19H,1,6-7,12H2,2H3,(H,23,24)/b20-13+. The molecule has 0 spiro atoms. The van der Waals surface area contributed by atoms with E-state index in [9.17, 15) is 9.90 Å². The molecule has 0 saturated carbocycles. The average molecular weight is 321 g/mol. The highest BCUT2D eigenvalue weighted by Gasteiger charge is 2.17. The van der Waals surface area contributed by atoms with Crippen LogP contribution in [0.1, 0.15) is 37.3 Å². The first kappa shape index (κ1) is 17.7. The van der Waals surface area contributed by atoms with Crippen molar-refractivity contribution in [1.82, 2.24) is 4.98 Å². The van der Waals surface area contributed by atoms with Crippen molar-refractivity contribution in [2.75, 3.05) is 0 Å². The molecule has 1 aromatic carbocycles. The molecule has 0 bridgehead atoms. The lowest BCUT2D eigenvalue weighted by molar-refractivity contribution is -0.140. The van der Waals surface area contributed by atoms with Gasteiger partial charge >= 0.3 is 5.97 Å². The van der Waals surface area contributed by atoms with Crippen LogP contribution in [0.25, 0.3) is 5.57 Å². The molecule has 24 heavy (non-hydrogen) atoms. The van der Waals surface area contributed by atoms with Crippen molar-refractivity contribution in [2.45, 2.75) is 26.2 Å². The summed E-state index contributed by atoms with van der Waals surface area (Å²) in [5, 5.41) is 9.22. The zero-order valence-electron chi connectivity index (χ0n) is 14.0. The second kappa shape index (κ2) is 8.82. The molecule has 0 amide bonds. The van der Waals surface area contributed by atoms with Crippen LogP contribution in [0.5, 0.6) is 0 Å². The monoisotopic (exact) mass is 321 g/mol. The Morgan fingerprint density at radius 1 is 1.21 bits per heavy atom. The smallest absolute Gasteiger partial charge is 0.310 e. The Morgan fingerprint density at radius 2 is 1.92 bits per heavy atom. The fourth-order valence-corrected chi connectivity index (χ4v) is 2.69. The summed E-state index contributed by atoms with van der Waals surface area (Å²) in [6.45, 7) is 5.56. The van der Waals surface area contributed by atoms with Gasteiger partial charge in [0.1, 0.15) is 0 Å². The molecular weight excluding hydrogens is 298 g/mol. The number of unbranched alkanes of at least 4 members (excludes halogenated alkanes) is 1. The number of carboxylic acid groups (broad SMARTS) is 1. The van der Waals surface area contributed by atoms with Gasteiger partial charge in [-0.05, 0) is 43.4 Å². The Hall–Kier alpha value is -2.68. The van der Waals surface area contributed by atoms with E-state index < -0.39 is 11.9 Å². The molecule has 1 aromatic heterocycles. The van der Waals surface area contributed by atoms with Crippen LogP contribution in [0.3, 0.4) is 0 Å². The van der Waals surface area contributed by atoms with Gasteiger partial charge in [-0.2, -0.15) is 0 Å². The van der Waals surface area contributed by atoms with Gasteiger partial charge in [0.05, 0.1) is 5.92 Å². The molecule has 0 aliphatic heterocycles. The first-order valence-electron chi connectivity index (χ1n) is 8.13. The van der Waals surface area contributed by atoms with Crippen molar-refractivity contribution in [3.63, 3.8) is 0 Å². The second-order valence-electron chi connectivity index (χ2n) is 5.89. The highest BCUT2D eigenvalue weighted by Crippen LogP contribution is 2.24. The normalized spacial score (nSPS) is 12.6. The Balaban J connectivity index is 2.12. The van der Waals surface area contributed by atoms with Crippen LogP contribution in [-0.4, -0.2) is 16.1 Å². The maximum Gasteiger partial charge on any atom is 0.310 e. The third kappa shape index (κ3) is 4.92. The van der Waals surface area contributed by atoms with Crippen LogP contribution in [0.2, 0.25) is 0 Å². The molecule has 0 radical (unpaired) electrons. The molecule has 1 heterocycles. The number of aliphatic carboxylic acids is 1. The molecule has 124 valence electrons. The predicted molar refractivity (Wildman–Crippen MR) is 97.5 cm³/mol. The van der Waals surface area contributed by atoms with E-state index in [1.807, 2.05) is 36.5 Å². The van der Waals surface area contributed by atoms with Gasteiger partial charge in [0.15, 0.2) is 0 Å². The lowest BCUT2D eigenvalue weighted by Gasteiger charge is -2.12. The molecule has 1 N–H and O–H groups in total. The number of allylic oxidation sites excluding steroid dienone is 1. The highest BCUT2D eigenvalue weighted by atomic mass is 16.4. The number of aromatic nitrogens is 1. The molecule has 0 aliphatic carbocycles. The van der Waals surface area contributed by atoms with Crippen LogP contribution in [0.4, 0.5) is 0 Å². The van der Waals surface area contributed by atoms with Crippen molar-refractivity contribution in [3.8, 4) is 0 Å². The molecule has 0 saturated heterocycles. The summed E-state index contributed by atoms with van der Waals surface area (Å²) in [7, 11) is 0. The number of nitrogens with zero attached hydrogens (tertiary/aromatic N) is 1. The molecule has 2 aromatic rings. The van der Waals surface area contributed by atoms with E-state index in [4.69, 9.17) is 0 Å². The number of carbonyl (C=O) groups is 1. The van der Waals surface area contributed by atoms with Crippen molar-refractivity contribution >= 4 is 11.5 Å². The zero-order valence-corrected chi connectivity index (χ0v) is 14.0. The van der Waals surface area contributed by atoms with E-state index >= 15 is 0 Å². The van der Waals surface area contributed by atoms with Crippen molar-refractivity contribution in [1.29, 1.82) is 0 Å². The average Bonchev–Trinajstić information content (AvgIpc) is 2.59. The van der Waals surface area contributed by atoms with Crippen LogP contribution >= 0.6 is 0 Å². The van der Waals surface area contributed by atoms with Gasteiger partial charge in [-0.15, -0.1) is 0 Å². The van der Waals surface area contributed by atoms with Gasteiger partial charge in [0.25, 0.3) is 0 Å². The number of hydrogen-bond donors (Lipinski definition) is 1. The maximum absolute atomic E-state index is 11.2. The van der Waals surface area contributed by atoms with E-state index in [0.717, 1.165) is 29.5 Å². The molecule has 0 aliphatic rings. The van der Waals surface area contributed by atoms with Crippen molar-refractivity contribution < 1.29 is 9.90 Å². The van der Waals surface area contributed by atoms with Crippen LogP contribution in [0, 0.1) is 5.92 Å². The Bertz CT molecular complexity index is 650. The van der Waals surface area contributed by atoms with Crippen LogP contribution in [0.15, 0.2) is 73.1 Å². The number of hydrogen-bond acceptors (Lipinski definition) is 2. The van der Waals surface area contributed by atoms with Crippen molar-refractivity contribution in [2.24, 2.45) is 5.92 Å². The summed E-state index contributed by atoms with van der Waals surface area (Å²) in [6, 6.07) is 14.1. The summed E-state index contributed by atoms with van der Waals surface area (Å²) in [6.07, 6.45) is 8.01. The van der Waals surface area contributed by atoms with E-state index in [1.165, 1.54) is 0 Å². The lowest BCUT2D eigenvalue weighted by atomic mass is 9.94. The van der Waals surface area contributed by atoms with E-state index in [1.54, 1.807) is 13.1 Å². The van der Waals surface area contributed by atoms with Gasteiger partial charge in [-0.1, -0.05) is 54.6 Å². The van der Waals surface area contributed by atoms with Gasteiger partial charge in [-0.25, -0.2) is 0 Å².